The first-order valence-corrected chi connectivity index (χ1v) is 7.28. The molecule has 1 aromatic heterocycles. The van der Waals surface area contributed by atoms with Crippen LogP contribution in [0.5, 0.6) is 11.5 Å². The predicted octanol–water partition coefficient (Wildman–Crippen LogP) is 3.01. The summed E-state index contributed by atoms with van der Waals surface area (Å²) in [7, 11) is 3.00. The van der Waals surface area contributed by atoms with Gasteiger partial charge in [0.05, 0.1) is 25.5 Å². The van der Waals surface area contributed by atoms with Crippen LogP contribution in [0.1, 0.15) is 10.4 Å². The van der Waals surface area contributed by atoms with E-state index in [4.69, 9.17) is 9.47 Å². The number of rotatable bonds is 5. The molecule has 0 atom stereocenters. The van der Waals surface area contributed by atoms with Crippen LogP contribution in [0.3, 0.4) is 0 Å². The molecule has 0 spiro atoms. The van der Waals surface area contributed by atoms with Gasteiger partial charge in [0, 0.05) is 23.2 Å². The normalized spacial score (nSPS) is 10.4. The van der Waals surface area contributed by atoms with Crippen molar-refractivity contribution in [2.75, 3.05) is 19.5 Å². The quantitative estimate of drug-likeness (QED) is 0.558. The Hall–Kier alpha value is -3.28. The first-order valence-electron chi connectivity index (χ1n) is 7.28. The number of para-hydroxylation sites is 1. The monoisotopic (exact) mass is 324 g/mol. The number of carbonyl (C=O) groups is 2. The number of hydrogen-bond donors (Lipinski definition) is 2. The van der Waals surface area contributed by atoms with Crippen molar-refractivity contribution >= 4 is 28.3 Å². The first kappa shape index (κ1) is 15.6. The van der Waals surface area contributed by atoms with Crippen LogP contribution in [-0.4, -0.2) is 30.9 Å². The van der Waals surface area contributed by atoms with Gasteiger partial charge in [-0.15, -0.1) is 0 Å². The molecule has 3 aromatic rings. The third-order valence-electron chi connectivity index (χ3n) is 3.69. The van der Waals surface area contributed by atoms with Crippen molar-refractivity contribution in [3.05, 3.63) is 54.2 Å². The van der Waals surface area contributed by atoms with Crippen molar-refractivity contribution < 1.29 is 19.1 Å². The van der Waals surface area contributed by atoms with Crippen LogP contribution in [0.15, 0.2) is 48.7 Å². The Morgan fingerprint density at radius 1 is 1.04 bits per heavy atom. The number of anilines is 1. The minimum atomic E-state index is -0.744. The number of benzene rings is 2. The summed E-state index contributed by atoms with van der Waals surface area (Å²) in [5.74, 6) is -0.384. The zero-order valence-corrected chi connectivity index (χ0v) is 13.3. The molecule has 6 heteroatoms. The summed E-state index contributed by atoms with van der Waals surface area (Å²) in [6.45, 7) is 0. The lowest BCUT2D eigenvalue weighted by atomic mass is 10.1. The fraction of sp³-hybridized carbons (Fsp3) is 0.111. The number of aromatic amines is 1. The van der Waals surface area contributed by atoms with E-state index in [1.807, 2.05) is 18.2 Å². The van der Waals surface area contributed by atoms with E-state index in [1.165, 1.54) is 20.4 Å². The second-order valence-electron chi connectivity index (χ2n) is 5.10. The van der Waals surface area contributed by atoms with E-state index >= 15 is 0 Å². The molecular formula is C18H16N2O4. The van der Waals surface area contributed by atoms with Gasteiger partial charge in [-0.2, -0.15) is 0 Å². The first-order chi connectivity index (χ1) is 11.6. The minimum Gasteiger partial charge on any atom is -0.497 e. The van der Waals surface area contributed by atoms with Gasteiger partial charge in [0.2, 0.25) is 0 Å². The number of methoxy groups -OCH3 is 2. The molecule has 0 aliphatic heterocycles. The molecule has 6 nitrogen and oxygen atoms in total. The van der Waals surface area contributed by atoms with Crippen LogP contribution >= 0.6 is 0 Å². The number of aromatic nitrogens is 1. The lowest BCUT2D eigenvalue weighted by molar-refractivity contribution is -0.112. The number of Topliss-reactive ketones (excluding diaryl/α,β-unsaturated/α-hetero) is 1. The summed E-state index contributed by atoms with van der Waals surface area (Å²) in [6, 6.07) is 12.3. The largest absolute Gasteiger partial charge is 0.497 e. The van der Waals surface area contributed by atoms with E-state index in [2.05, 4.69) is 10.3 Å². The van der Waals surface area contributed by atoms with E-state index in [0.29, 0.717) is 28.1 Å². The summed E-state index contributed by atoms with van der Waals surface area (Å²) in [4.78, 5) is 27.8. The van der Waals surface area contributed by atoms with Crippen molar-refractivity contribution in [1.82, 2.24) is 4.98 Å². The molecule has 0 fully saturated rings. The Morgan fingerprint density at radius 2 is 1.83 bits per heavy atom. The van der Waals surface area contributed by atoms with Gasteiger partial charge in [-0.1, -0.05) is 18.2 Å². The number of nitrogens with one attached hydrogen (secondary N) is 2. The highest BCUT2D eigenvalue weighted by molar-refractivity contribution is 6.48. The summed E-state index contributed by atoms with van der Waals surface area (Å²) >= 11 is 0. The molecule has 24 heavy (non-hydrogen) atoms. The van der Waals surface area contributed by atoms with Crippen molar-refractivity contribution in [1.29, 1.82) is 0 Å². The lowest BCUT2D eigenvalue weighted by Crippen LogP contribution is -2.23. The molecular weight excluding hydrogens is 308 g/mol. The number of carbonyl (C=O) groups excluding carboxylic acids is 2. The van der Waals surface area contributed by atoms with E-state index in [9.17, 15) is 9.59 Å². The number of ether oxygens (including phenoxy) is 2. The maximum atomic E-state index is 12.5. The standard InChI is InChI=1S/C18H16N2O4/c1-23-11-7-8-16(24-2)15(9-11)20-18(22)17(21)13-10-19-14-6-4-3-5-12(13)14/h3-10,19H,1-2H3,(H,20,22). The number of fused-ring (bicyclic) bond motifs is 1. The third kappa shape index (κ3) is 2.81. The van der Waals surface area contributed by atoms with E-state index < -0.39 is 11.7 Å². The fourth-order valence-electron chi connectivity index (χ4n) is 2.47. The van der Waals surface area contributed by atoms with Gasteiger partial charge in [-0.05, 0) is 18.2 Å². The molecule has 0 saturated carbocycles. The van der Waals surface area contributed by atoms with Gasteiger partial charge < -0.3 is 19.8 Å². The molecule has 2 N–H and O–H groups in total. The van der Waals surface area contributed by atoms with Crippen LogP contribution < -0.4 is 14.8 Å². The lowest BCUT2D eigenvalue weighted by Gasteiger charge is -2.11. The zero-order valence-electron chi connectivity index (χ0n) is 13.3. The van der Waals surface area contributed by atoms with Gasteiger partial charge in [0.1, 0.15) is 11.5 Å². The van der Waals surface area contributed by atoms with E-state index in [0.717, 1.165) is 5.52 Å². The van der Waals surface area contributed by atoms with Crippen molar-refractivity contribution in [3.8, 4) is 11.5 Å². The zero-order chi connectivity index (χ0) is 17.1. The van der Waals surface area contributed by atoms with Gasteiger partial charge in [0.25, 0.3) is 11.7 Å². The second kappa shape index (κ2) is 6.45. The smallest absolute Gasteiger partial charge is 0.296 e. The van der Waals surface area contributed by atoms with Crippen molar-refractivity contribution in [3.63, 3.8) is 0 Å². The SMILES string of the molecule is COc1ccc(OC)c(NC(=O)C(=O)c2c[nH]c3ccccc23)c1. The Kier molecular flexibility index (Phi) is 4.20. The van der Waals surface area contributed by atoms with Crippen LogP contribution in [0.2, 0.25) is 0 Å². The molecule has 0 unspecified atom stereocenters. The van der Waals surface area contributed by atoms with Gasteiger partial charge in [0.15, 0.2) is 0 Å². The maximum absolute atomic E-state index is 12.5. The average Bonchev–Trinajstić information content (AvgIpc) is 3.05. The molecule has 0 radical (unpaired) electrons. The molecule has 0 saturated heterocycles. The van der Waals surface area contributed by atoms with Gasteiger partial charge in [-0.25, -0.2) is 0 Å². The Morgan fingerprint density at radius 3 is 2.58 bits per heavy atom. The number of ketones is 1. The highest BCUT2D eigenvalue weighted by Gasteiger charge is 2.21. The minimum absolute atomic E-state index is 0.324. The van der Waals surface area contributed by atoms with E-state index in [1.54, 1.807) is 24.3 Å². The maximum Gasteiger partial charge on any atom is 0.296 e. The number of amides is 1. The van der Waals surface area contributed by atoms with Crippen LogP contribution in [0.4, 0.5) is 5.69 Å². The summed E-state index contributed by atoms with van der Waals surface area (Å²) < 4.78 is 10.3. The molecule has 1 amide bonds. The molecule has 1 heterocycles. The molecule has 0 bridgehead atoms. The Labute approximate surface area is 138 Å². The number of H-pyrrole nitrogens is 1. The molecule has 0 aliphatic rings. The number of hydrogen-bond acceptors (Lipinski definition) is 4. The van der Waals surface area contributed by atoms with E-state index in [-0.39, 0.29) is 0 Å². The summed E-state index contributed by atoms with van der Waals surface area (Å²) in [6.07, 6.45) is 1.54. The fourth-order valence-corrected chi connectivity index (χ4v) is 2.47. The molecule has 3 rings (SSSR count). The second-order valence-corrected chi connectivity index (χ2v) is 5.10. The van der Waals surface area contributed by atoms with Gasteiger partial charge in [-0.3, -0.25) is 9.59 Å². The third-order valence-corrected chi connectivity index (χ3v) is 3.69. The Bertz CT molecular complexity index is 914. The van der Waals surface area contributed by atoms with Crippen LogP contribution in [-0.2, 0) is 4.79 Å². The molecule has 122 valence electrons. The highest BCUT2D eigenvalue weighted by atomic mass is 16.5. The van der Waals surface area contributed by atoms with Crippen LogP contribution in [0.25, 0.3) is 10.9 Å². The highest BCUT2D eigenvalue weighted by Crippen LogP contribution is 2.29. The summed E-state index contributed by atoms with van der Waals surface area (Å²) in [5.41, 5.74) is 1.49. The summed E-state index contributed by atoms with van der Waals surface area (Å²) in [5, 5.41) is 3.29. The van der Waals surface area contributed by atoms with Crippen molar-refractivity contribution in [2.45, 2.75) is 0 Å². The molecule has 0 aliphatic carbocycles. The van der Waals surface area contributed by atoms with Crippen LogP contribution in [0, 0.1) is 0 Å². The Balaban J connectivity index is 1.88. The topological polar surface area (TPSA) is 80.4 Å². The predicted molar refractivity (Wildman–Crippen MR) is 90.8 cm³/mol. The van der Waals surface area contributed by atoms with Crippen molar-refractivity contribution in [2.24, 2.45) is 0 Å². The van der Waals surface area contributed by atoms with Gasteiger partial charge >= 0.3 is 0 Å². The molecule has 2 aromatic carbocycles. The average molecular weight is 324 g/mol.